The molecule has 7 heteroatoms. The van der Waals surface area contributed by atoms with Gasteiger partial charge in [-0.05, 0) is 18.4 Å². The van der Waals surface area contributed by atoms with Gasteiger partial charge in [0.1, 0.15) is 5.82 Å². The monoisotopic (exact) mass is 351 g/mol. The summed E-state index contributed by atoms with van der Waals surface area (Å²) < 4.78 is 42.0. The van der Waals surface area contributed by atoms with Gasteiger partial charge in [-0.3, -0.25) is 9.48 Å². The second-order valence-corrected chi connectivity index (χ2v) is 6.67. The Labute approximate surface area is 144 Å². The molecule has 0 N–H and O–H groups in total. The maximum atomic E-state index is 14.0. The average molecular weight is 351 g/mol. The summed E-state index contributed by atoms with van der Waals surface area (Å²) in [6.45, 7) is 4.73. The van der Waals surface area contributed by atoms with E-state index in [1.54, 1.807) is 18.2 Å². The number of halogens is 3. The maximum absolute atomic E-state index is 14.0. The van der Waals surface area contributed by atoms with Crippen LogP contribution in [0.3, 0.4) is 0 Å². The molecule has 1 aromatic carbocycles. The fourth-order valence-corrected chi connectivity index (χ4v) is 3.07. The van der Waals surface area contributed by atoms with Crippen LogP contribution >= 0.6 is 0 Å². The largest absolute Gasteiger partial charge is 0.330 e. The highest BCUT2D eigenvalue weighted by atomic mass is 19.3. The summed E-state index contributed by atoms with van der Waals surface area (Å²) in [6, 6.07) is 5.78. The smallest absolute Gasteiger partial charge is 0.275 e. The van der Waals surface area contributed by atoms with Crippen molar-refractivity contribution in [1.29, 1.82) is 0 Å². The van der Waals surface area contributed by atoms with Crippen LogP contribution in [-0.2, 0) is 6.54 Å². The van der Waals surface area contributed by atoms with E-state index in [0.717, 1.165) is 0 Å². The summed E-state index contributed by atoms with van der Waals surface area (Å²) in [5.41, 5.74) is -0.205. The lowest BCUT2D eigenvalue weighted by atomic mass is 9.93. The number of amides is 1. The highest BCUT2D eigenvalue weighted by Gasteiger charge is 2.38. The number of carbonyl (C=O) groups is 1. The third-order valence-electron chi connectivity index (χ3n) is 4.32. The van der Waals surface area contributed by atoms with Gasteiger partial charge >= 0.3 is 0 Å². The van der Waals surface area contributed by atoms with E-state index >= 15 is 0 Å². The quantitative estimate of drug-likeness (QED) is 0.810. The molecule has 134 valence electrons. The molecule has 3 rings (SSSR count). The van der Waals surface area contributed by atoms with Crippen LogP contribution in [0.1, 0.15) is 54.4 Å². The van der Waals surface area contributed by atoms with Crippen molar-refractivity contribution >= 4 is 5.91 Å². The number of hydrogen-bond donors (Lipinski definition) is 0. The molecule has 0 radical (unpaired) electrons. The molecule has 1 amide bonds. The van der Waals surface area contributed by atoms with Gasteiger partial charge < -0.3 is 4.90 Å². The first-order valence-electron chi connectivity index (χ1n) is 8.29. The number of carbonyl (C=O) groups excluding carboxylic acids is 1. The summed E-state index contributed by atoms with van der Waals surface area (Å²) >= 11 is 0. The van der Waals surface area contributed by atoms with Gasteiger partial charge in [0.2, 0.25) is 0 Å². The van der Waals surface area contributed by atoms with Crippen molar-refractivity contribution in [1.82, 2.24) is 14.7 Å². The Morgan fingerprint density at radius 2 is 2.04 bits per heavy atom. The molecule has 4 nitrogen and oxygen atoms in total. The molecule has 1 fully saturated rings. The molecule has 1 aliphatic heterocycles. The van der Waals surface area contributed by atoms with E-state index in [2.05, 4.69) is 5.10 Å². The molecule has 0 unspecified atom stereocenters. The van der Waals surface area contributed by atoms with Crippen molar-refractivity contribution in [3.63, 3.8) is 0 Å². The van der Waals surface area contributed by atoms with Gasteiger partial charge in [-0.25, -0.2) is 13.2 Å². The topological polar surface area (TPSA) is 38.1 Å². The summed E-state index contributed by atoms with van der Waals surface area (Å²) in [5.74, 6) is -0.759. The molecule has 1 atom stereocenters. The van der Waals surface area contributed by atoms with Gasteiger partial charge in [0.05, 0.1) is 11.6 Å². The van der Waals surface area contributed by atoms with E-state index < -0.39 is 24.2 Å². The standard InChI is InChI=1S/C18H20F3N3O/c1-11(2)9-23-10-13(17(20)21)16(22-23)18(25)24-8-7-15(24)12-5-3-4-6-14(12)19/h3-6,10-11,15,17H,7-9H2,1-2H3/t15-/m1/s1. The first kappa shape index (κ1) is 17.5. The number of aromatic nitrogens is 2. The maximum Gasteiger partial charge on any atom is 0.275 e. The van der Waals surface area contributed by atoms with Gasteiger partial charge in [-0.2, -0.15) is 5.10 Å². The van der Waals surface area contributed by atoms with Crippen LogP contribution in [0.4, 0.5) is 13.2 Å². The van der Waals surface area contributed by atoms with Crippen molar-refractivity contribution in [3.8, 4) is 0 Å². The Hall–Kier alpha value is -2.31. The van der Waals surface area contributed by atoms with Crippen LogP contribution in [-0.4, -0.2) is 27.1 Å². The molecule has 25 heavy (non-hydrogen) atoms. The van der Waals surface area contributed by atoms with Crippen LogP contribution in [0.25, 0.3) is 0 Å². The van der Waals surface area contributed by atoms with Gasteiger partial charge in [-0.1, -0.05) is 32.0 Å². The fraction of sp³-hybridized carbons (Fsp3) is 0.444. The summed E-state index contributed by atoms with van der Waals surface area (Å²) in [4.78, 5) is 14.1. The van der Waals surface area contributed by atoms with E-state index in [4.69, 9.17) is 0 Å². The highest BCUT2D eigenvalue weighted by molar-refractivity contribution is 5.94. The number of nitrogens with zero attached hydrogens (tertiary/aromatic N) is 3. The zero-order valence-corrected chi connectivity index (χ0v) is 14.1. The molecule has 0 spiro atoms. The number of alkyl halides is 2. The SMILES string of the molecule is CC(C)Cn1cc(C(F)F)c(C(=O)N2CC[C@@H]2c2ccccc2F)n1. The minimum atomic E-state index is -2.78. The first-order chi connectivity index (χ1) is 11.9. The number of likely N-dealkylation sites (tertiary alicyclic amines) is 1. The van der Waals surface area contributed by atoms with Crippen LogP contribution in [0.2, 0.25) is 0 Å². The highest BCUT2D eigenvalue weighted by Crippen LogP contribution is 2.36. The molecule has 1 saturated heterocycles. The van der Waals surface area contributed by atoms with Crippen LogP contribution < -0.4 is 0 Å². The molecule has 1 aliphatic rings. The molecule has 1 aromatic heterocycles. The Kier molecular flexibility index (Phi) is 4.83. The second-order valence-electron chi connectivity index (χ2n) is 6.67. The van der Waals surface area contributed by atoms with E-state index in [1.165, 1.54) is 21.8 Å². The number of rotatable bonds is 5. The van der Waals surface area contributed by atoms with Crippen LogP contribution in [0, 0.1) is 11.7 Å². The molecule has 0 bridgehead atoms. The zero-order valence-electron chi connectivity index (χ0n) is 14.1. The first-order valence-corrected chi connectivity index (χ1v) is 8.29. The molecular weight excluding hydrogens is 331 g/mol. The molecule has 2 heterocycles. The zero-order chi connectivity index (χ0) is 18.1. The molecular formula is C18H20F3N3O. The van der Waals surface area contributed by atoms with E-state index in [1.807, 2.05) is 13.8 Å². The van der Waals surface area contributed by atoms with E-state index in [-0.39, 0.29) is 17.2 Å². The van der Waals surface area contributed by atoms with Crippen LogP contribution in [0.15, 0.2) is 30.5 Å². The lowest BCUT2D eigenvalue weighted by molar-refractivity contribution is 0.0437. The van der Waals surface area contributed by atoms with Crippen molar-refractivity contribution in [2.45, 2.75) is 39.3 Å². The fourth-order valence-electron chi connectivity index (χ4n) is 3.07. The Bertz CT molecular complexity index is 773. The number of benzene rings is 1. The summed E-state index contributed by atoms with van der Waals surface area (Å²) in [6.07, 6.45) is -0.952. The Morgan fingerprint density at radius 1 is 1.32 bits per heavy atom. The molecule has 2 aromatic rings. The van der Waals surface area contributed by atoms with Crippen molar-refractivity contribution in [2.75, 3.05) is 6.54 Å². The lowest BCUT2D eigenvalue weighted by Gasteiger charge is -2.41. The summed E-state index contributed by atoms with van der Waals surface area (Å²) in [7, 11) is 0. The van der Waals surface area contributed by atoms with Crippen molar-refractivity contribution in [3.05, 3.63) is 53.1 Å². The van der Waals surface area contributed by atoms with Crippen molar-refractivity contribution in [2.24, 2.45) is 5.92 Å². The second kappa shape index (κ2) is 6.90. The average Bonchev–Trinajstić information content (AvgIpc) is 2.91. The minimum Gasteiger partial charge on any atom is -0.330 e. The Morgan fingerprint density at radius 3 is 2.60 bits per heavy atom. The van der Waals surface area contributed by atoms with E-state index in [9.17, 15) is 18.0 Å². The lowest BCUT2D eigenvalue weighted by Crippen LogP contribution is -2.45. The van der Waals surface area contributed by atoms with Crippen molar-refractivity contribution < 1.29 is 18.0 Å². The Balaban J connectivity index is 1.88. The molecule has 0 saturated carbocycles. The summed E-state index contributed by atoms with van der Waals surface area (Å²) in [5, 5.41) is 4.08. The normalized spacial score (nSPS) is 17.2. The van der Waals surface area contributed by atoms with Crippen LogP contribution in [0.5, 0.6) is 0 Å². The van der Waals surface area contributed by atoms with Gasteiger partial charge in [-0.15, -0.1) is 0 Å². The van der Waals surface area contributed by atoms with E-state index in [0.29, 0.717) is 25.1 Å². The predicted octanol–water partition coefficient (Wildman–Crippen LogP) is 4.20. The van der Waals surface area contributed by atoms with Gasteiger partial charge in [0.25, 0.3) is 12.3 Å². The van der Waals surface area contributed by atoms with Gasteiger partial charge in [0, 0.05) is 24.8 Å². The van der Waals surface area contributed by atoms with Gasteiger partial charge in [0.15, 0.2) is 5.69 Å². The minimum absolute atomic E-state index is 0.212. The third-order valence-corrected chi connectivity index (χ3v) is 4.32. The predicted molar refractivity (Wildman–Crippen MR) is 86.8 cm³/mol. The third kappa shape index (κ3) is 3.41. The number of hydrogen-bond acceptors (Lipinski definition) is 2. The molecule has 0 aliphatic carbocycles.